The van der Waals surface area contributed by atoms with Gasteiger partial charge in [-0.3, -0.25) is 0 Å². The van der Waals surface area contributed by atoms with E-state index in [0.717, 1.165) is 0 Å². The van der Waals surface area contributed by atoms with Gasteiger partial charge in [-0.2, -0.15) is 0 Å². The summed E-state index contributed by atoms with van der Waals surface area (Å²) < 4.78 is 0. The van der Waals surface area contributed by atoms with Gasteiger partial charge in [-0.05, 0) is 20.8 Å². The van der Waals surface area contributed by atoms with Crippen LogP contribution in [0.25, 0.3) is 0 Å². The molecule has 0 rings (SSSR count). The smallest absolute Gasteiger partial charge is 0.155 e. The molecule has 4 heteroatoms. The normalized spacial score (nSPS) is 9.38. The van der Waals surface area contributed by atoms with Crippen LogP contribution in [0.2, 0.25) is 0 Å². The van der Waals surface area contributed by atoms with Gasteiger partial charge in [-0.1, -0.05) is 0 Å². The van der Waals surface area contributed by atoms with Crippen molar-refractivity contribution in [3.8, 4) is 0 Å². The van der Waals surface area contributed by atoms with E-state index in [1.165, 1.54) is 0 Å². The Morgan fingerprint density at radius 2 is 1.75 bits per heavy atom. The highest BCUT2D eigenvalue weighted by Gasteiger charge is 2.09. The molecule has 0 amide bonds. The Hall–Kier alpha value is -0.640. The summed E-state index contributed by atoms with van der Waals surface area (Å²) in [5.74, 6) is 0. The van der Waals surface area contributed by atoms with Crippen molar-refractivity contribution >= 4 is 0 Å². The monoisotopic (exact) mass is 117 g/mol. The van der Waals surface area contributed by atoms with Crippen molar-refractivity contribution in [1.29, 1.82) is 0 Å². The Kier molecular flexibility index (Phi) is 4.37. The van der Waals surface area contributed by atoms with E-state index in [1.54, 1.807) is 20.8 Å². The van der Waals surface area contributed by atoms with Gasteiger partial charge in [-0.25, -0.2) is 0 Å². The fourth-order valence-electron chi connectivity index (χ4n) is 0.112. The molecule has 3 radical (unpaired) electrons. The van der Waals surface area contributed by atoms with Crippen LogP contribution >= 0.6 is 0 Å². The zero-order valence-electron chi connectivity index (χ0n) is 5.21. The SMILES string of the molecule is CC(C)(C)ON=O.[N]. The lowest BCUT2D eigenvalue weighted by atomic mass is 10.2. The summed E-state index contributed by atoms with van der Waals surface area (Å²) in [6.45, 7) is 5.28. The molecule has 0 fully saturated rings. The van der Waals surface area contributed by atoms with Crippen LogP contribution in [0.5, 0.6) is 0 Å². The summed E-state index contributed by atoms with van der Waals surface area (Å²) in [5, 5.41) is 2.26. The largest absolute Gasteiger partial charge is 0.358 e. The Morgan fingerprint density at radius 1 is 1.38 bits per heavy atom. The van der Waals surface area contributed by atoms with E-state index < -0.39 is 5.60 Å². The molecule has 8 heavy (non-hydrogen) atoms. The first kappa shape index (κ1) is 10.4. The van der Waals surface area contributed by atoms with Gasteiger partial charge in [0, 0.05) is 6.15 Å². The molecule has 0 aromatic carbocycles. The molecule has 0 heterocycles. The molecule has 0 aliphatic carbocycles. The van der Waals surface area contributed by atoms with E-state index in [-0.39, 0.29) is 6.15 Å². The van der Waals surface area contributed by atoms with Gasteiger partial charge in [0.05, 0.1) is 0 Å². The highest BCUT2D eigenvalue weighted by molar-refractivity contribution is 4.55. The van der Waals surface area contributed by atoms with Crippen molar-refractivity contribution < 1.29 is 4.84 Å². The van der Waals surface area contributed by atoms with Crippen molar-refractivity contribution in [3.63, 3.8) is 0 Å². The molecule has 4 nitrogen and oxygen atoms in total. The second kappa shape index (κ2) is 3.37. The Bertz CT molecular complexity index is 66.9. The molecular formula is C4H9N2O2. The Morgan fingerprint density at radius 3 is 1.75 bits per heavy atom. The average Bonchev–Trinajstić information content (AvgIpc) is 1.30. The number of rotatable bonds is 1. The lowest BCUT2D eigenvalue weighted by molar-refractivity contribution is -0.00229. The van der Waals surface area contributed by atoms with Crippen molar-refractivity contribution in [2.75, 3.05) is 0 Å². The van der Waals surface area contributed by atoms with Gasteiger partial charge in [0.1, 0.15) is 5.60 Å². The molecule has 0 atom stereocenters. The third kappa shape index (κ3) is 9.03. The fourth-order valence-corrected chi connectivity index (χ4v) is 0.112. The minimum atomic E-state index is -0.429. The molecule has 0 aromatic rings. The van der Waals surface area contributed by atoms with Crippen molar-refractivity contribution in [3.05, 3.63) is 4.91 Å². The Labute approximate surface area is 48.7 Å². The van der Waals surface area contributed by atoms with Crippen LogP contribution in [0.3, 0.4) is 0 Å². The molecule has 47 valence electrons. The molecule has 0 bridgehead atoms. The van der Waals surface area contributed by atoms with E-state index in [9.17, 15) is 4.91 Å². The maximum absolute atomic E-state index is 9.35. The van der Waals surface area contributed by atoms with Crippen LogP contribution in [0.15, 0.2) is 5.34 Å². The standard InChI is InChI=1S/C4H9NO2.N/c1-4(2,3)7-5-6;/h1-3H3;. The van der Waals surface area contributed by atoms with E-state index in [0.29, 0.717) is 0 Å². The minimum absolute atomic E-state index is 0. The van der Waals surface area contributed by atoms with Gasteiger partial charge in [0.15, 0.2) is 5.34 Å². The van der Waals surface area contributed by atoms with Gasteiger partial charge in [-0.15, -0.1) is 4.91 Å². The van der Waals surface area contributed by atoms with Crippen LogP contribution < -0.4 is 6.15 Å². The van der Waals surface area contributed by atoms with E-state index in [4.69, 9.17) is 0 Å². The third-order valence-corrected chi connectivity index (χ3v) is 0.311. The molecule has 0 spiro atoms. The number of nitrogens with zero attached hydrogens (tertiary/aromatic N) is 2. The highest BCUT2D eigenvalue weighted by Crippen LogP contribution is 2.05. The first-order valence-corrected chi connectivity index (χ1v) is 2.07. The van der Waals surface area contributed by atoms with Crippen molar-refractivity contribution in [1.82, 2.24) is 6.15 Å². The summed E-state index contributed by atoms with van der Waals surface area (Å²) in [7, 11) is 0. The quantitative estimate of drug-likeness (QED) is 0.379. The second-order valence-corrected chi connectivity index (χ2v) is 2.28. The fraction of sp³-hybridized carbons (Fsp3) is 1.00. The number of hydrogen-bond donors (Lipinski definition) is 0. The summed E-state index contributed by atoms with van der Waals surface area (Å²) >= 11 is 0. The predicted molar refractivity (Wildman–Crippen MR) is 28.8 cm³/mol. The van der Waals surface area contributed by atoms with Crippen LogP contribution in [-0.4, -0.2) is 5.60 Å². The second-order valence-electron chi connectivity index (χ2n) is 2.28. The van der Waals surface area contributed by atoms with Crippen LogP contribution in [0.4, 0.5) is 0 Å². The summed E-state index contributed by atoms with van der Waals surface area (Å²) in [5.41, 5.74) is -0.429. The molecule has 0 N–H and O–H groups in total. The summed E-state index contributed by atoms with van der Waals surface area (Å²) in [6, 6.07) is 0. The molecule has 0 saturated carbocycles. The van der Waals surface area contributed by atoms with Crippen LogP contribution in [0, 0.1) is 4.91 Å². The lowest BCUT2D eigenvalue weighted by Crippen LogP contribution is -2.14. The zero-order chi connectivity index (χ0) is 5.91. The zero-order valence-corrected chi connectivity index (χ0v) is 5.21. The van der Waals surface area contributed by atoms with E-state index >= 15 is 0 Å². The van der Waals surface area contributed by atoms with E-state index in [1.807, 2.05) is 0 Å². The van der Waals surface area contributed by atoms with Crippen molar-refractivity contribution in [2.45, 2.75) is 26.4 Å². The Balaban J connectivity index is 0. The molecule has 0 aromatic heterocycles. The van der Waals surface area contributed by atoms with E-state index in [2.05, 4.69) is 10.2 Å². The lowest BCUT2D eigenvalue weighted by Gasteiger charge is -2.11. The van der Waals surface area contributed by atoms with Gasteiger partial charge >= 0.3 is 0 Å². The molecular weight excluding hydrogens is 108 g/mol. The molecule has 0 aliphatic rings. The predicted octanol–water partition coefficient (Wildman–Crippen LogP) is 1.00. The van der Waals surface area contributed by atoms with Crippen LogP contribution in [-0.2, 0) is 4.84 Å². The topological polar surface area (TPSA) is 69.2 Å². The molecule has 0 unspecified atom stereocenters. The highest BCUT2D eigenvalue weighted by atomic mass is 16.7. The summed E-state index contributed by atoms with van der Waals surface area (Å²) in [4.78, 5) is 13.6. The third-order valence-electron chi connectivity index (χ3n) is 0.311. The summed E-state index contributed by atoms with van der Waals surface area (Å²) in [6.07, 6.45) is 0. The molecule has 0 aliphatic heterocycles. The van der Waals surface area contributed by atoms with Crippen molar-refractivity contribution in [2.24, 2.45) is 5.34 Å². The molecule has 0 saturated heterocycles. The maximum atomic E-state index is 9.35. The van der Waals surface area contributed by atoms with Gasteiger partial charge < -0.3 is 4.84 Å². The first-order chi connectivity index (χ1) is 3.06. The van der Waals surface area contributed by atoms with Crippen LogP contribution in [0.1, 0.15) is 20.8 Å². The first-order valence-electron chi connectivity index (χ1n) is 2.07. The minimum Gasteiger partial charge on any atom is -0.358 e. The van der Waals surface area contributed by atoms with Gasteiger partial charge in [0.2, 0.25) is 0 Å². The maximum Gasteiger partial charge on any atom is 0.155 e. The van der Waals surface area contributed by atoms with Gasteiger partial charge in [0.25, 0.3) is 0 Å². The number of hydrogen-bond acceptors (Lipinski definition) is 3. The average molecular weight is 117 g/mol.